The van der Waals surface area contributed by atoms with Crippen LogP contribution in [0.1, 0.15) is 0 Å². The lowest BCUT2D eigenvalue weighted by molar-refractivity contribution is 0.456. The summed E-state index contributed by atoms with van der Waals surface area (Å²) in [5.74, 6) is 0.821. The van der Waals surface area contributed by atoms with Crippen molar-refractivity contribution in [1.82, 2.24) is 14.2 Å². The molecule has 0 aliphatic rings. The minimum Gasteiger partial charge on any atom is -0.437 e. The fraction of sp³-hybridized carbons (Fsp3) is 0. The van der Waals surface area contributed by atoms with Gasteiger partial charge in [0.2, 0.25) is 5.88 Å². The molecule has 0 saturated carbocycles. The topological polar surface area (TPSA) is 74.1 Å². The monoisotopic (exact) mass is 351 g/mol. The van der Waals surface area contributed by atoms with Gasteiger partial charge < -0.3 is 4.74 Å². The molecule has 0 unspecified atom stereocenters. The standard InChI is InChI=1S/C18H13N3O3S/c22-25(23,16-5-2-1-3-6-16)21-12-10-14-8-9-15(13-17(14)21)24-18-7-4-11-19-20-18/h1-13H. The molecule has 25 heavy (non-hydrogen) atoms. The number of fused-ring (bicyclic) bond motifs is 1. The first-order chi connectivity index (χ1) is 12.1. The predicted octanol–water partition coefficient (Wildman–Crippen LogP) is 3.46. The van der Waals surface area contributed by atoms with Crippen molar-refractivity contribution in [2.24, 2.45) is 0 Å². The summed E-state index contributed by atoms with van der Waals surface area (Å²) in [5, 5.41) is 8.41. The fourth-order valence-electron chi connectivity index (χ4n) is 2.53. The molecule has 0 radical (unpaired) electrons. The number of hydrogen-bond donors (Lipinski definition) is 0. The first-order valence-electron chi connectivity index (χ1n) is 7.52. The van der Waals surface area contributed by atoms with E-state index in [1.54, 1.807) is 79.1 Å². The first kappa shape index (κ1) is 15.3. The van der Waals surface area contributed by atoms with Crippen LogP contribution in [0.2, 0.25) is 0 Å². The van der Waals surface area contributed by atoms with E-state index in [9.17, 15) is 8.42 Å². The number of hydrogen-bond acceptors (Lipinski definition) is 5. The SMILES string of the molecule is O=S(=O)(c1ccccc1)n1ccc2ccc(Oc3cccnn3)cc21. The van der Waals surface area contributed by atoms with Gasteiger partial charge in [0.05, 0.1) is 10.4 Å². The molecule has 0 N–H and O–H groups in total. The van der Waals surface area contributed by atoms with Gasteiger partial charge in [0.15, 0.2) is 0 Å². The molecule has 2 aromatic carbocycles. The Morgan fingerprint density at radius 3 is 2.52 bits per heavy atom. The third-order valence-electron chi connectivity index (χ3n) is 3.70. The van der Waals surface area contributed by atoms with Crippen LogP contribution in [0.3, 0.4) is 0 Å². The Morgan fingerprint density at radius 1 is 0.920 bits per heavy atom. The molecule has 4 rings (SSSR count). The van der Waals surface area contributed by atoms with Crippen LogP contribution in [0.25, 0.3) is 10.9 Å². The van der Waals surface area contributed by atoms with Gasteiger partial charge in [-0.05, 0) is 36.4 Å². The summed E-state index contributed by atoms with van der Waals surface area (Å²) in [6.45, 7) is 0. The Balaban J connectivity index is 1.79. The zero-order valence-electron chi connectivity index (χ0n) is 13.0. The first-order valence-corrected chi connectivity index (χ1v) is 8.96. The number of benzene rings is 2. The minimum atomic E-state index is -3.68. The quantitative estimate of drug-likeness (QED) is 0.563. The molecular weight excluding hydrogens is 338 g/mol. The molecule has 2 aromatic heterocycles. The van der Waals surface area contributed by atoms with Crippen molar-refractivity contribution in [3.63, 3.8) is 0 Å². The Labute approximate surface area is 144 Å². The average Bonchev–Trinajstić information content (AvgIpc) is 3.07. The smallest absolute Gasteiger partial charge is 0.268 e. The molecule has 2 heterocycles. The van der Waals surface area contributed by atoms with Crippen LogP contribution in [0.4, 0.5) is 0 Å². The van der Waals surface area contributed by atoms with Gasteiger partial charge in [0.25, 0.3) is 10.0 Å². The van der Waals surface area contributed by atoms with E-state index in [0.29, 0.717) is 17.1 Å². The minimum absolute atomic E-state index is 0.229. The van der Waals surface area contributed by atoms with E-state index in [-0.39, 0.29) is 4.90 Å². The van der Waals surface area contributed by atoms with Crippen LogP contribution >= 0.6 is 0 Å². The summed E-state index contributed by atoms with van der Waals surface area (Å²) >= 11 is 0. The van der Waals surface area contributed by atoms with E-state index in [0.717, 1.165) is 5.39 Å². The van der Waals surface area contributed by atoms with Crippen LogP contribution < -0.4 is 4.74 Å². The van der Waals surface area contributed by atoms with Crippen LogP contribution in [0.15, 0.2) is 84.0 Å². The summed E-state index contributed by atoms with van der Waals surface area (Å²) in [4.78, 5) is 0.229. The Bertz CT molecular complexity index is 1120. The molecule has 0 aliphatic carbocycles. The number of nitrogens with zero attached hydrogens (tertiary/aromatic N) is 3. The lowest BCUT2D eigenvalue weighted by atomic mass is 10.2. The number of aromatic nitrogens is 3. The molecule has 7 heteroatoms. The molecule has 0 aliphatic heterocycles. The Kier molecular flexibility index (Phi) is 3.70. The van der Waals surface area contributed by atoms with Crippen molar-refractivity contribution in [2.45, 2.75) is 4.90 Å². The van der Waals surface area contributed by atoms with Crippen LogP contribution in [0, 0.1) is 0 Å². The highest BCUT2D eigenvalue weighted by Gasteiger charge is 2.18. The van der Waals surface area contributed by atoms with E-state index in [4.69, 9.17) is 4.74 Å². The highest BCUT2D eigenvalue weighted by Crippen LogP contribution is 2.27. The normalized spacial score (nSPS) is 11.5. The predicted molar refractivity (Wildman–Crippen MR) is 93.1 cm³/mol. The summed E-state index contributed by atoms with van der Waals surface area (Å²) in [7, 11) is -3.68. The maximum atomic E-state index is 12.9. The van der Waals surface area contributed by atoms with Gasteiger partial charge in [0, 0.05) is 29.9 Å². The molecule has 0 saturated heterocycles. The zero-order chi connectivity index (χ0) is 17.3. The van der Waals surface area contributed by atoms with Gasteiger partial charge in [-0.15, -0.1) is 5.10 Å². The van der Waals surface area contributed by atoms with Gasteiger partial charge in [-0.25, -0.2) is 12.4 Å². The lowest BCUT2D eigenvalue weighted by Gasteiger charge is -2.09. The number of rotatable bonds is 4. The fourth-order valence-corrected chi connectivity index (χ4v) is 3.89. The highest BCUT2D eigenvalue weighted by molar-refractivity contribution is 7.90. The molecule has 0 atom stereocenters. The maximum Gasteiger partial charge on any atom is 0.268 e. The van der Waals surface area contributed by atoms with Gasteiger partial charge in [-0.3, -0.25) is 0 Å². The Morgan fingerprint density at radius 2 is 1.76 bits per heavy atom. The summed E-state index contributed by atoms with van der Waals surface area (Å²) in [6, 6.07) is 18.7. The summed E-state index contributed by atoms with van der Waals surface area (Å²) < 4.78 is 32.7. The van der Waals surface area contributed by atoms with Gasteiger partial charge in [0.1, 0.15) is 5.75 Å². The van der Waals surface area contributed by atoms with Crippen molar-refractivity contribution in [3.05, 3.63) is 79.1 Å². The summed E-state index contributed by atoms with van der Waals surface area (Å²) in [6.07, 6.45) is 3.09. The highest BCUT2D eigenvalue weighted by atomic mass is 32.2. The zero-order valence-corrected chi connectivity index (χ0v) is 13.8. The van der Waals surface area contributed by atoms with E-state index in [2.05, 4.69) is 10.2 Å². The third-order valence-corrected chi connectivity index (χ3v) is 5.40. The molecule has 124 valence electrons. The van der Waals surface area contributed by atoms with Gasteiger partial charge >= 0.3 is 0 Å². The van der Waals surface area contributed by atoms with Crippen molar-refractivity contribution in [3.8, 4) is 11.6 Å². The van der Waals surface area contributed by atoms with Crippen molar-refractivity contribution in [2.75, 3.05) is 0 Å². The van der Waals surface area contributed by atoms with E-state index in [1.165, 1.54) is 3.97 Å². The molecule has 6 nitrogen and oxygen atoms in total. The Hall–Kier alpha value is -3.19. The summed E-state index contributed by atoms with van der Waals surface area (Å²) in [5.41, 5.74) is 0.533. The number of ether oxygens (including phenoxy) is 1. The van der Waals surface area contributed by atoms with Gasteiger partial charge in [-0.1, -0.05) is 18.2 Å². The second kappa shape index (κ2) is 6.03. The molecule has 0 spiro atoms. The van der Waals surface area contributed by atoms with E-state index >= 15 is 0 Å². The second-order valence-corrected chi connectivity index (χ2v) is 7.13. The molecule has 4 aromatic rings. The van der Waals surface area contributed by atoms with Crippen molar-refractivity contribution >= 4 is 20.9 Å². The van der Waals surface area contributed by atoms with Crippen LogP contribution in [-0.2, 0) is 10.0 Å². The third kappa shape index (κ3) is 2.85. The van der Waals surface area contributed by atoms with Crippen LogP contribution in [-0.4, -0.2) is 22.6 Å². The van der Waals surface area contributed by atoms with Crippen molar-refractivity contribution < 1.29 is 13.2 Å². The van der Waals surface area contributed by atoms with E-state index < -0.39 is 10.0 Å². The molecular formula is C18H13N3O3S. The lowest BCUT2D eigenvalue weighted by Crippen LogP contribution is -2.11. The molecule has 0 fully saturated rings. The second-order valence-electron chi connectivity index (χ2n) is 5.31. The van der Waals surface area contributed by atoms with Crippen molar-refractivity contribution in [1.29, 1.82) is 0 Å². The largest absolute Gasteiger partial charge is 0.437 e. The van der Waals surface area contributed by atoms with Crippen LogP contribution in [0.5, 0.6) is 11.6 Å². The maximum absolute atomic E-state index is 12.9. The van der Waals surface area contributed by atoms with Gasteiger partial charge in [-0.2, -0.15) is 5.10 Å². The van der Waals surface area contributed by atoms with E-state index in [1.807, 2.05) is 0 Å². The molecule has 0 bridgehead atoms. The molecule has 0 amide bonds. The average molecular weight is 351 g/mol.